The van der Waals surface area contributed by atoms with Crippen LogP contribution >= 0.6 is 23.2 Å². The molecule has 3 aromatic carbocycles. The van der Waals surface area contributed by atoms with Crippen molar-refractivity contribution in [2.75, 3.05) is 17.4 Å². The lowest BCUT2D eigenvalue weighted by Crippen LogP contribution is -2.52. The summed E-state index contributed by atoms with van der Waals surface area (Å²) in [5, 5.41) is 3.62. The molecule has 0 heterocycles. The highest BCUT2D eigenvalue weighted by atomic mass is 35.5. The molecule has 0 saturated heterocycles. The highest BCUT2D eigenvalue weighted by molar-refractivity contribution is 7.92. The molecule has 0 unspecified atom stereocenters. The van der Waals surface area contributed by atoms with Crippen molar-refractivity contribution in [3.8, 4) is 0 Å². The van der Waals surface area contributed by atoms with Crippen LogP contribution in [0.1, 0.15) is 38.3 Å². The molecule has 0 aromatic heterocycles. The van der Waals surface area contributed by atoms with Gasteiger partial charge in [0.1, 0.15) is 12.6 Å². The number of nitrogens with one attached hydrogen (secondary N) is 1. The number of aryl methyl sites for hydroxylation is 1. The van der Waals surface area contributed by atoms with Gasteiger partial charge in [-0.15, -0.1) is 0 Å². The average Bonchev–Trinajstić information content (AvgIpc) is 2.90. The molecule has 7 nitrogen and oxygen atoms in total. The summed E-state index contributed by atoms with van der Waals surface area (Å²) in [6, 6.07) is 18.9. The van der Waals surface area contributed by atoms with Crippen molar-refractivity contribution in [1.82, 2.24) is 10.2 Å². The standard InChI is InChI=1S/C30H35Cl2N3O4S/c1-5-28(30(37)33-18-21(2)3)34(19-23-9-6-8-22(4)16-23)29(36)20-35(26-11-7-10-25(32)17-26)40(38,39)27-14-12-24(31)13-15-27/h6-17,21,28H,5,18-20H2,1-4H3,(H,33,37)/t28-/m1/s1. The van der Waals surface area contributed by atoms with E-state index in [2.05, 4.69) is 5.32 Å². The van der Waals surface area contributed by atoms with Crippen LogP contribution in [0.25, 0.3) is 0 Å². The van der Waals surface area contributed by atoms with Gasteiger partial charge in [-0.25, -0.2) is 8.42 Å². The predicted molar refractivity (Wildman–Crippen MR) is 161 cm³/mol. The van der Waals surface area contributed by atoms with Gasteiger partial charge in [0.25, 0.3) is 10.0 Å². The Labute approximate surface area is 247 Å². The maximum atomic E-state index is 14.1. The molecule has 0 radical (unpaired) electrons. The summed E-state index contributed by atoms with van der Waals surface area (Å²) >= 11 is 12.2. The third-order valence-electron chi connectivity index (χ3n) is 6.28. The molecule has 1 atom stereocenters. The fourth-order valence-electron chi connectivity index (χ4n) is 4.24. The number of carbonyl (C=O) groups is 2. The van der Waals surface area contributed by atoms with E-state index in [1.54, 1.807) is 18.2 Å². The molecule has 10 heteroatoms. The summed E-state index contributed by atoms with van der Waals surface area (Å²) < 4.78 is 28.7. The summed E-state index contributed by atoms with van der Waals surface area (Å²) in [6.45, 7) is 7.81. The molecule has 214 valence electrons. The van der Waals surface area contributed by atoms with Crippen molar-refractivity contribution in [1.29, 1.82) is 0 Å². The number of hydrogen-bond donors (Lipinski definition) is 1. The van der Waals surface area contributed by atoms with Crippen molar-refractivity contribution in [3.63, 3.8) is 0 Å². The Morgan fingerprint density at radius 3 is 2.20 bits per heavy atom. The maximum Gasteiger partial charge on any atom is 0.264 e. The van der Waals surface area contributed by atoms with Gasteiger partial charge >= 0.3 is 0 Å². The van der Waals surface area contributed by atoms with Crippen molar-refractivity contribution in [3.05, 3.63) is 94.0 Å². The fraction of sp³-hybridized carbons (Fsp3) is 0.333. The summed E-state index contributed by atoms with van der Waals surface area (Å²) in [4.78, 5) is 28.8. The fourth-order valence-corrected chi connectivity index (χ4v) is 5.96. The monoisotopic (exact) mass is 603 g/mol. The van der Waals surface area contributed by atoms with Crippen LogP contribution in [-0.4, -0.2) is 44.3 Å². The predicted octanol–water partition coefficient (Wildman–Crippen LogP) is 6.08. The molecule has 0 fully saturated rings. The van der Waals surface area contributed by atoms with Gasteiger partial charge in [0.15, 0.2) is 0 Å². The first-order valence-corrected chi connectivity index (χ1v) is 15.3. The molecule has 0 bridgehead atoms. The summed E-state index contributed by atoms with van der Waals surface area (Å²) in [7, 11) is -4.20. The second kappa shape index (κ2) is 14.0. The largest absolute Gasteiger partial charge is 0.354 e. The quantitative estimate of drug-likeness (QED) is 0.272. The molecule has 0 aliphatic rings. The van der Waals surface area contributed by atoms with Crippen LogP contribution in [0.2, 0.25) is 10.0 Å². The van der Waals surface area contributed by atoms with Crippen LogP contribution in [0.3, 0.4) is 0 Å². The highest BCUT2D eigenvalue weighted by Gasteiger charge is 2.33. The molecule has 0 saturated carbocycles. The minimum absolute atomic E-state index is 0.0309. The van der Waals surface area contributed by atoms with E-state index in [1.165, 1.54) is 35.2 Å². The van der Waals surface area contributed by atoms with Gasteiger partial charge in [-0.2, -0.15) is 0 Å². The Hall–Kier alpha value is -3.07. The Balaban J connectivity index is 2.05. The minimum Gasteiger partial charge on any atom is -0.354 e. The lowest BCUT2D eigenvalue weighted by Gasteiger charge is -2.33. The number of benzene rings is 3. The van der Waals surface area contributed by atoms with Crippen LogP contribution < -0.4 is 9.62 Å². The van der Waals surface area contributed by atoms with Crippen molar-refractivity contribution >= 4 is 50.7 Å². The van der Waals surface area contributed by atoms with Gasteiger partial charge in [-0.05, 0) is 67.3 Å². The molecule has 3 rings (SSSR count). The van der Waals surface area contributed by atoms with Gasteiger partial charge < -0.3 is 10.2 Å². The van der Waals surface area contributed by atoms with Crippen LogP contribution in [0.4, 0.5) is 5.69 Å². The van der Waals surface area contributed by atoms with E-state index >= 15 is 0 Å². The molecule has 0 aliphatic heterocycles. The van der Waals surface area contributed by atoms with E-state index in [-0.39, 0.29) is 29.0 Å². The first kappa shape index (κ1) is 31.5. The van der Waals surface area contributed by atoms with E-state index in [0.29, 0.717) is 23.0 Å². The number of carbonyl (C=O) groups excluding carboxylic acids is 2. The van der Waals surface area contributed by atoms with Crippen molar-refractivity contribution in [2.45, 2.75) is 51.6 Å². The van der Waals surface area contributed by atoms with Crippen LogP contribution in [0.5, 0.6) is 0 Å². The third-order valence-corrected chi connectivity index (χ3v) is 8.56. The molecule has 3 aromatic rings. The van der Waals surface area contributed by atoms with Crippen LogP contribution in [0, 0.1) is 12.8 Å². The SMILES string of the molecule is CC[C@H](C(=O)NCC(C)C)N(Cc1cccc(C)c1)C(=O)CN(c1cccc(Cl)c1)S(=O)(=O)c1ccc(Cl)cc1. The lowest BCUT2D eigenvalue weighted by molar-refractivity contribution is -0.140. The molecule has 0 aliphatic carbocycles. The molecule has 2 amide bonds. The first-order valence-electron chi connectivity index (χ1n) is 13.1. The average molecular weight is 605 g/mol. The van der Waals surface area contributed by atoms with Crippen molar-refractivity contribution in [2.24, 2.45) is 5.92 Å². The highest BCUT2D eigenvalue weighted by Crippen LogP contribution is 2.27. The van der Waals surface area contributed by atoms with E-state index < -0.39 is 28.5 Å². The topological polar surface area (TPSA) is 86.8 Å². The van der Waals surface area contributed by atoms with E-state index in [4.69, 9.17) is 23.2 Å². The Bertz CT molecular complexity index is 1430. The molecule has 0 spiro atoms. The van der Waals surface area contributed by atoms with Crippen LogP contribution in [-0.2, 0) is 26.2 Å². The summed E-state index contributed by atoms with van der Waals surface area (Å²) in [5.74, 6) is -0.581. The minimum atomic E-state index is -4.20. The van der Waals surface area contributed by atoms with Gasteiger partial charge in [0, 0.05) is 23.1 Å². The molecular weight excluding hydrogens is 569 g/mol. The van der Waals surface area contributed by atoms with E-state index in [9.17, 15) is 18.0 Å². The second-order valence-electron chi connectivity index (χ2n) is 10.0. The smallest absolute Gasteiger partial charge is 0.264 e. The lowest BCUT2D eigenvalue weighted by atomic mass is 10.1. The second-order valence-corrected chi connectivity index (χ2v) is 12.8. The number of nitrogens with zero attached hydrogens (tertiary/aromatic N) is 2. The number of rotatable bonds is 12. The number of amides is 2. The zero-order chi connectivity index (χ0) is 29.4. The first-order chi connectivity index (χ1) is 18.9. The number of hydrogen-bond acceptors (Lipinski definition) is 4. The Morgan fingerprint density at radius 1 is 0.925 bits per heavy atom. The van der Waals surface area contributed by atoms with E-state index in [0.717, 1.165) is 15.4 Å². The van der Waals surface area contributed by atoms with Crippen LogP contribution in [0.15, 0.2) is 77.7 Å². The normalized spacial score (nSPS) is 12.2. The Kier molecular flexibility index (Phi) is 11.0. The maximum absolute atomic E-state index is 14.1. The molecular formula is C30H35Cl2N3O4S. The molecule has 1 N–H and O–H groups in total. The number of sulfonamides is 1. The summed E-state index contributed by atoms with van der Waals surface area (Å²) in [5.41, 5.74) is 2.06. The van der Waals surface area contributed by atoms with Gasteiger partial charge in [0.05, 0.1) is 10.6 Å². The summed E-state index contributed by atoms with van der Waals surface area (Å²) in [6.07, 6.45) is 0.350. The third kappa shape index (κ3) is 8.22. The van der Waals surface area contributed by atoms with Gasteiger partial charge in [0.2, 0.25) is 11.8 Å². The van der Waals surface area contributed by atoms with Gasteiger partial charge in [-0.1, -0.05) is 79.9 Å². The zero-order valence-corrected chi connectivity index (χ0v) is 25.4. The van der Waals surface area contributed by atoms with E-state index in [1.807, 2.05) is 52.0 Å². The van der Waals surface area contributed by atoms with Gasteiger partial charge in [-0.3, -0.25) is 13.9 Å². The zero-order valence-electron chi connectivity index (χ0n) is 23.1. The molecule has 40 heavy (non-hydrogen) atoms. The van der Waals surface area contributed by atoms with Crippen molar-refractivity contribution < 1.29 is 18.0 Å². The number of anilines is 1. The Morgan fingerprint density at radius 2 is 1.60 bits per heavy atom. The number of halogens is 2.